The van der Waals surface area contributed by atoms with Crippen molar-refractivity contribution in [3.8, 4) is 11.1 Å². The number of benzene rings is 9. The fourth-order valence-corrected chi connectivity index (χ4v) is 13.6. The van der Waals surface area contributed by atoms with E-state index >= 15 is 0 Å². The third kappa shape index (κ3) is 6.26. The molecule has 9 aromatic carbocycles. The highest BCUT2D eigenvalue weighted by Crippen LogP contribution is 2.69. The number of rotatable bonds is 7. The second-order valence-corrected chi connectivity index (χ2v) is 26.1. The van der Waals surface area contributed by atoms with E-state index in [-0.39, 0.29) is 10.8 Å². The highest BCUT2D eigenvalue weighted by Gasteiger charge is 2.59. The van der Waals surface area contributed by atoms with Gasteiger partial charge in [0.05, 0.1) is 13.8 Å². The largest absolute Gasteiger partial charge is 0.310 e. The van der Waals surface area contributed by atoms with Crippen LogP contribution < -0.4 is 15.0 Å². The van der Waals surface area contributed by atoms with E-state index in [0.29, 0.717) is 0 Å². The molecule has 0 spiro atoms. The molecule has 0 radical (unpaired) electrons. The minimum absolute atomic E-state index is 0.204. The Labute approximate surface area is 381 Å². The Balaban J connectivity index is 1.36. The average molecular weight is 849 g/mol. The molecule has 9 aromatic rings. The van der Waals surface area contributed by atoms with Crippen molar-refractivity contribution in [2.24, 2.45) is 10.8 Å². The van der Waals surface area contributed by atoms with Crippen molar-refractivity contribution < 1.29 is 0 Å². The SMILES string of the molecule is Cc1ccccc1N(c1ccccc1)c1ccc2c3c(c4ccccc4c2c1)-c1c(cc(N(c2ccccc2)c2ccccc2[Si](C)(C)C)c2ccccc12)C3(C(C)(C)C)C(C)(C)C. The summed E-state index contributed by atoms with van der Waals surface area (Å²) in [5.74, 6) is 0. The van der Waals surface area contributed by atoms with Crippen molar-refractivity contribution in [1.82, 2.24) is 0 Å². The molecule has 1 aliphatic rings. The predicted octanol–water partition coefficient (Wildman–Crippen LogP) is 17.3. The van der Waals surface area contributed by atoms with E-state index in [1.807, 2.05) is 0 Å². The Hall–Kier alpha value is -6.42. The van der Waals surface area contributed by atoms with E-state index in [9.17, 15) is 0 Å². The molecule has 0 atom stereocenters. The molecule has 64 heavy (non-hydrogen) atoms. The van der Waals surface area contributed by atoms with Gasteiger partial charge in [0.15, 0.2) is 0 Å². The summed E-state index contributed by atoms with van der Waals surface area (Å²) in [4.78, 5) is 5.02. The van der Waals surface area contributed by atoms with Crippen LogP contribution in [0.2, 0.25) is 19.6 Å². The number of fused-ring (bicyclic) bond motifs is 10. The first kappa shape index (κ1) is 41.6. The van der Waals surface area contributed by atoms with Crippen LogP contribution in [0.4, 0.5) is 34.1 Å². The molecule has 0 saturated carbocycles. The van der Waals surface area contributed by atoms with Crippen molar-refractivity contribution in [3.05, 3.63) is 199 Å². The molecule has 0 aliphatic heterocycles. The highest BCUT2D eigenvalue weighted by atomic mass is 28.3. The first-order valence-electron chi connectivity index (χ1n) is 23.0. The lowest BCUT2D eigenvalue weighted by Gasteiger charge is -2.53. The first-order valence-corrected chi connectivity index (χ1v) is 26.5. The molecule has 10 rings (SSSR count). The van der Waals surface area contributed by atoms with Crippen molar-refractivity contribution >= 4 is 79.7 Å². The molecule has 0 N–H and O–H groups in total. The summed E-state index contributed by atoms with van der Waals surface area (Å²) in [6.07, 6.45) is 0. The maximum absolute atomic E-state index is 2.63. The maximum Gasteiger partial charge on any atom is 0.0803 e. The first-order chi connectivity index (χ1) is 30.6. The summed E-state index contributed by atoms with van der Waals surface area (Å²) in [7, 11) is -1.80. The Bertz CT molecular complexity index is 3220. The second-order valence-electron chi connectivity index (χ2n) is 21.0. The summed E-state index contributed by atoms with van der Waals surface area (Å²) in [5, 5.41) is 9.21. The van der Waals surface area contributed by atoms with Crippen LogP contribution >= 0.6 is 0 Å². The zero-order chi connectivity index (χ0) is 44.8. The number of para-hydroxylation sites is 4. The van der Waals surface area contributed by atoms with Gasteiger partial charge in [0.25, 0.3) is 0 Å². The van der Waals surface area contributed by atoms with Gasteiger partial charge in [-0.05, 0) is 132 Å². The molecule has 3 heteroatoms. The number of nitrogens with zero attached hydrogens (tertiary/aromatic N) is 2. The van der Waals surface area contributed by atoms with Crippen molar-refractivity contribution in [2.75, 3.05) is 9.80 Å². The average Bonchev–Trinajstić information content (AvgIpc) is 3.62. The van der Waals surface area contributed by atoms with Crippen LogP contribution in [-0.4, -0.2) is 8.07 Å². The number of anilines is 6. The van der Waals surface area contributed by atoms with Gasteiger partial charge >= 0.3 is 0 Å². The normalized spacial score (nSPS) is 13.6. The van der Waals surface area contributed by atoms with Crippen LogP contribution in [0.15, 0.2) is 182 Å². The van der Waals surface area contributed by atoms with Gasteiger partial charge in [0.2, 0.25) is 0 Å². The summed E-state index contributed by atoms with van der Waals surface area (Å²) in [6, 6.07) is 68.3. The zero-order valence-corrected chi connectivity index (χ0v) is 40.2. The summed E-state index contributed by atoms with van der Waals surface area (Å²) >= 11 is 0. The van der Waals surface area contributed by atoms with E-state index in [2.05, 4.69) is 260 Å². The van der Waals surface area contributed by atoms with Gasteiger partial charge in [-0.3, -0.25) is 0 Å². The molecule has 0 bridgehead atoms. The van der Waals surface area contributed by atoms with E-state index < -0.39 is 13.5 Å². The van der Waals surface area contributed by atoms with Crippen LogP contribution in [-0.2, 0) is 5.41 Å². The van der Waals surface area contributed by atoms with Gasteiger partial charge in [0.1, 0.15) is 0 Å². The van der Waals surface area contributed by atoms with Crippen molar-refractivity contribution in [2.45, 2.75) is 73.5 Å². The van der Waals surface area contributed by atoms with Gasteiger partial charge in [-0.25, -0.2) is 0 Å². The van der Waals surface area contributed by atoms with E-state index in [1.54, 1.807) is 0 Å². The molecule has 0 fully saturated rings. The molecule has 0 aromatic heterocycles. The van der Waals surface area contributed by atoms with Crippen LogP contribution in [0.5, 0.6) is 0 Å². The molecular weight excluding hydrogens is 789 g/mol. The van der Waals surface area contributed by atoms with Crippen LogP contribution in [0.1, 0.15) is 58.2 Å². The molecule has 0 saturated heterocycles. The van der Waals surface area contributed by atoms with Gasteiger partial charge in [-0.1, -0.05) is 189 Å². The molecule has 0 amide bonds. The van der Waals surface area contributed by atoms with Gasteiger partial charge in [0, 0.05) is 39.2 Å². The van der Waals surface area contributed by atoms with Gasteiger partial charge < -0.3 is 9.80 Å². The Kier molecular flexibility index (Phi) is 9.81. The Morgan fingerprint density at radius 3 is 1.48 bits per heavy atom. The topological polar surface area (TPSA) is 6.48 Å². The van der Waals surface area contributed by atoms with Crippen molar-refractivity contribution in [1.29, 1.82) is 0 Å². The quantitative estimate of drug-likeness (QED) is 0.116. The second kappa shape index (κ2) is 15.1. The third-order valence-corrected chi connectivity index (χ3v) is 16.2. The van der Waals surface area contributed by atoms with Crippen LogP contribution in [0.25, 0.3) is 43.4 Å². The highest BCUT2D eigenvalue weighted by molar-refractivity contribution is 6.89. The molecular formula is C61H60N2Si. The lowest BCUT2D eigenvalue weighted by Crippen LogP contribution is -2.50. The maximum atomic E-state index is 2.63. The molecule has 1 aliphatic carbocycles. The van der Waals surface area contributed by atoms with Gasteiger partial charge in [-0.15, -0.1) is 0 Å². The molecule has 2 nitrogen and oxygen atoms in total. The fraction of sp³-hybridized carbons (Fsp3) is 0.213. The van der Waals surface area contributed by atoms with E-state index in [0.717, 1.165) is 11.4 Å². The third-order valence-electron chi connectivity index (χ3n) is 14.1. The minimum Gasteiger partial charge on any atom is -0.310 e. The Morgan fingerprint density at radius 1 is 0.391 bits per heavy atom. The Morgan fingerprint density at radius 2 is 0.891 bits per heavy atom. The van der Waals surface area contributed by atoms with Crippen LogP contribution in [0.3, 0.4) is 0 Å². The minimum atomic E-state index is -1.80. The molecule has 0 heterocycles. The number of hydrogen-bond donors (Lipinski definition) is 0. The lowest BCUT2D eigenvalue weighted by atomic mass is 9.49. The van der Waals surface area contributed by atoms with Crippen molar-refractivity contribution in [3.63, 3.8) is 0 Å². The standard InChI is InChI=1S/C61H60N2Si/c1-41-25-17-22-34-52(41)62(42-26-13-11-14-27-42)44-37-38-49-50(39-44)45-30-18-20-32-47(45)57-56-48-33-21-19-31-46(48)54(40-51(56)61(58(49)57,59(2,3)4)60(5,6)7)63(43-28-15-12-16-29-43)53-35-23-24-36-55(53)64(8,9)10/h11-40H,1-10H3. The molecule has 0 unspecified atom stereocenters. The smallest absolute Gasteiger partial charge is 0.0803 e. The zero-order valence-electron chi connectivity index (χ0n) is 39.2. The predicted molar refractivity (Wildman–Crippen MR) is 281 cm³/mol. The summed E-state index contributed by atoms with van der Waals surface area (Å²) in [5.41, 5.74) is 13.2. The molecule has 318 valence electrons. The lowest BCUT2D eigenvalue weighted by molar-refractivity contribution is 0.0965. The van der Waals surface area contributed by atoms with E-state index in [1.165, 1.54) is 88.1 Å². The summed E-state index contributed by atoms with van der Waals surface area (Å²) in [6.45, 7) is 24.6. The summed E-state index contributed by atoms with van der Waals surface area (Å²) < 4.78 is 0. The van der Waals surface area contributed by atoms with E-state index in [4.69, 9.17) is 0 Å². The number of aryl methyl sites for hydroxylation is 1. The van der Waals surface area contributed by atoms with Crippen LogP contribution in [0, 0.1) is 17.8 Å². The monoisotopic (exact) mass is 848 g/mol. The number of hydrogen-bond acceptors (Lipinski definition) is 2. The van der Waals surface area contributed by atoms with Gasteiger partial charge in [-0.2, -0.15) is 0 Å². The fourth-order valence-electron chi connectivity index (χ4n) is 12.0.